The maximum Gasteiger partial charge on any atom is 0.287 e. The number of halogens is 2. The van der Waals surface area contributed by atoms with Gasteiger partial charge in [0.15, 0.2) is 0 Å². The summed E-state index contributed by atoms with van der Waals surface area (Å²) >= 11 is 0. The predicted octanol–water partition coefficient (Wildman–Crippen LogP) is 0.150. The Morgan fingerprint density at radius 3 is 2.38 bits per heavy atom. The van der Waals surface area contributed by atoms with Gasteiger partial charge in [-0.3, -0.25) is 0 Å². The van der Waals surface area contributed by atoms with E-state index in [4.69, 9.17) is 0 Å². The average molecular weight is 117 g/mol. The molecule has 0 aliphatic heterocycles. The molecule has 0 saturated carbocycles. The first-order valence-electron chi connectivity index (χ1n) is 1.79. The van der Waals surface area contributed by atoms with Gasteiger partial charge in [0.1, 0.15) is 6.33 Å². The van der Waals surface area contributed by atoms with Gasteiger partial charge in [-0.05, 0) is 0 Å². The smallest absolute Gasteiger partial charge is 0.202 e. The van der Waals surface area contributed by atoms with Gasteiger partial charge in [-0.1, -0.05) is 0 Å². The summed E-state index contributed by atoms with van der Waals surface area (Å²) < 4.78 is 23.4. The maximum atomic E-state index is 11.7. The molecular formula is C3HF2N3. The Morgan fingerprint density at radius 2 is 2.00 bits per heavy atom. The van der Waals surface area contributed by atoms with E-state index in [0.717, 1.165) is 6.33 Å². The maximum absolute atomic E-state index is 11.7. The van der Waals surface area contributed by atoms with Gasteiger partial charge in [0.25, 0.3) is 11.9 Å². The zero-order chi connectivity index (χ0) is 5.98. The van der Waals surface area contributed by atoms with Crippen molar-refractivity contribution in [3.8, 4) is 0 Å². The van der Waals surface area contributed by atoms with E-state index in [1.807, 2.05) is 0 Å². The fraction of sp³-hybridized carbons (Fsp3) is 0. The summed E-state index contributed by atoms with van der Waals surface area (Å²) in [5, 5.41) is 5.69. The van der Waals surface area contributed by atoms with Crippen molar-refractivity contribution in [2.24, 2.45) is 0 Å². The molecule has 0 unspecified atom stereocenters. The first-order chi connectivity index (χ1) is 3.80. The van der Waals surface area contributed by atoms with Crippen LogP contribution in [0.4, 0.5) is 8.78 Å². The van der Waals surface area contributed by atoms with E-state index in [9.17, 15) is 8.78 Å². The van der Waals surface area contributed by atoms with Crippen molar-refractivity contribution in [1.29, 1.82) is 0 Å². The lowest BCUT2D eigenvalue weighted by atomic mass is 10.8. The fourth-order valence-electron chi connectivity index (χ4n) is 0.248. The molecule has 0 spiro atoms. The Hall–Kier alpha value is -1.13. The lowest BCUT2D eigenvalue weighted by Gasteiger charge is -1.82. The molecule has 3 nitrogen and oxygen atoms in total. The first kappa shape index (κ1) is 5.02. The summed E-state index contributed by atoms with van der Waals surface area (Å²) in [7, 11) is 0. The number of hydrogen-bond donors (Lipinski definition) is 0. The van der Waals surface area contributed by atoms with Gasteiger partial charge in [-0.2, -0.15) is 8.78 Å². The largest absolute Gasteiger partial charge is 0.287 e. The van der Waals surface area contributed by atoms with Crippen molar-refractivity contribution in [2.75, 3.05) is 0 Å². The van der Waals surface area contributed by atoms with E-state index < -0.39 is 11.9 Å². The third-order valence-electron chi connectivity index (χ3n) is 0.538. The van der Waals surface area contributed by atoms with E-state index >= 15 is 0 Å². The van der Waals surface area contributed by atoms with Crippen LogP contribution in [0, 0.1) is 11.9 Å². The molecule has 0 atom stereocenters. The van der Waals surface area contributed by atoms with E-state index in [-0.39, 0.29) is 0 Å². The zero-order valence-electron chi connectivity index (χ0n) is 3.67. The van der Waals surface area contributed by atoms with Crippen LogP contribution in [0.5, 0.6) is 0 Å². The minimum atomic E-state index is -1.27. The molecule has 0 radical (unpaired) electrons. The Bertz CT molecular complexity index is 169. The second-order valence-corrected chi connectivity index (χ2v) is 1.04. The van der Waals surface area contributed by atoms with E-state index in [1.54, 1.807) is 0 Å². The lowest BCUT2D eigenvalue weighted by molar-refractivity contribution is 0.436. The molecule has 0 aliphatic carbocycles. The highest BCUT2D eigenvalue weighted by molar-refractivity contribution is 4.72. The minimum absolute atomic E-state index is 0.832. The standard InChI is InChI=1S/C3HF2N3/c4-2-3(5)8-7-1-6-2/h1H. The van der Waals surface area contributed by atoms with Crippen LogP contribution in [0.25, 0.3) is 0 Å². The Kier molecular flexibility index (Phi) is 1.11. The van der Waals surface area contributed by atoms with Crippen molar-refractivity contribution < 1.29 is 8.78 Å². The number of hydrogen-bond acceptors (Lipinski definition) is 3. The van der Waals surface area contributed by atoms with Crippen molar-refractivity contribution in [3.05, 3.63) is 18.2 Å². The first-order valence-corrected chi connectivity index (χ1v) is 1.79. The van der Waals surface area contributed by atoms with Crippen LogP contribution >= 0.6 is 0 Å². The molecule has 1 rings (SSSR count). The highest BCUT2D eigenvalue weighted by Gasteiger charge is 1.99. The van der Waals surface area contributed by atoms with Gasteiger partial charge < -0.3 is 0 Å². The average Bonchev–Trinajstić information content (AvgIpc) is 1.77. The molecule has 1 aromatic heterocycles. The van der Waals surface area contributed by atoms with Crippen LogP contribution in [0.3, 0.4) is 0 Å². The van der Waals surface area contributed by atoms with Crippen LogP contribution < -0.4 is 0 Å². The van der Waals surface area contributed by atoms with E-state index in [1.165, 1.54) is 0 Å². The molecule has 0 amide bonds. The molecule has 0 saturated heterocycles. The molecule has 8 heavy (non-hydrogen) atoms. The second kappa shape index (κ2) is 1.77. The Balaban J connectivity index is 3.13. The van der Waals surface area contributed by atoms with Gasteiger partial charge in [-0.25, -0.2) is 4.98 Å². The molecule has 1 aromatic rings. The van der Waals surface area contributed by atoms with Crippen molar-refractivity contribution in [1.82, 2.24) is 15.2 Å². The Labute approximate surface area is 43.4 Å². The summed E-state index contributed by atoms with van der Waals surface area (Å²) in [4.78, 5) is 2.86. The third-order valence-corrected chi connectivity index (χ3v) is 0.538. The molecular weight excluding hydrogens is 116 g/mol. The second-order valence-electron chi connectivity index (χ2n) is 1.04. The van der Waals surface area contributed by atoms with Crippen LogP contribution in [0.15, 0.2) is 6.33 Å². The monoisotopic (exact) mass is 117 g/mol. The molecule has 0 N–H and O–H groups in total. The molecule has 5 heteroatoms. The summed E-state index contributed by atoms with van der Waals surface area (Å²) in [5.41, 5.74) is 0. The normalized spacial score (nSPS) is 9.25. The van der Waals surface area contributed by atoms with Crippen molar-refractivity contribution in [2.45, 2.75) is 0 Å². The predicted molar refractivity (Wildman–Crippen MR) is 19.7 cm³/mol. The minimum Gasteiger partial charge on any atom is -0.202 e. The summed E-state index contributed by atoms with van der Waals surface area (Å²) in [6.07, 6.45) is 0.832. The molecule has 0 aliphatic rings. The third kappa shape index (κ3) is 0.749. The van der Waals surface area contributed by atoms with Gasteiger partial charge in [-0.15, -0.1) is 10.2 Å². The van der Waals surface area contributed by atoms with E-state index in [2.05, 4.69) is 15.2 Å². The lowest BCUT2D eigenvalue weighted by Crippen LogP contribution is -1.94. The fourth-order valence-corrected chi connectivity index (χ4v) is 0.248. The number of nitrogens with zero attached hydrogens (tertiary/aromatic N) is 3. The molecule has 42 valence electrons. The van der Waals surface area contributed by atoms with Gasteiger partial charge in [0.2, 0.25) is 0 Å². The van der Waals surface area contributed by atoms with Crippen molar-refractivity contribution >= 4 is 0 Å². The van der Waals surface area contributed by atoms with Crippen LogP contribution in [-0.4, -0.2) is 15.2 Å². The highest BCUT2D eigenvalue weighted by atomic mass is 19.2. The van der Waals surface area contributed by atoms with Gasteiger partial charge >= 0.3 is 0 Å². The highest BCUT2D eigenvalue weighted by Crippen LogP contribution is 1.90. The summed E-state index contributed by atoms with van der Waals surface area (Å²) in [6, 6.07) is 0. The zero-order valence-corrected chi connectivity index (χ0v) is 3.67. The molecule has 0 fully saturated rings. The van der Waals surface area contributed by atoms with Crippen LogP contribution in [-0.2, 0) is 0 Å². The number of rotatable bonds is 0. The molecule has 0 bridgehead atoms. The van der Waals surface area contributed by atoms with Gasteiger partial charge in [0.05, 0.1) is 0 Å². The van der Waals surface area contributed by atoms with Crippen molar-refractivity contribution in [3.63, 3.8) is 0 Å². The summed E-state index contributed by atoms with van der Waals surface area (Å²) in [6.45, 7) is 0. The van der Waals surface area contributed by atoms with E-state index in [0.29, 0.717) is 0 Å². The quantitative estimate of drug-likeness (QED) is 0.485. The van der Waals surface area contributed by atoms with Crippen LogP contribution in [0.2, 0.25) is 0 Å². The topological polar surface area (TPSA) is 38.7 Å². The Morgan fingerprint density at radius 1 is 1.25 bits per heavy atom. The summed E-state index contributed by atoms with van der Waals surface area (Å²) in [5.74, 6) is -2.49. The molecule has 1 heterocycles. The number of aromatic nitrogens is 3. The molecule has 0 aromatic carbocycles. The van der Waals surface area contributed by atoms with Crippen LogP contribution in [0.1, 0.15) is 0 Å². The van der Waals surface area contributed by atoms with Gasteiger partial charge in [0, 0.05) is 0 Å². The SMILES string of the molecule is Fc1ncnnc1F.